The molecule has 2 N–H and O–H groups in total. The highest BCUT2D eigenvalue weighted by Gasteiger charge is 2.48. The Labute approximate surface area is 218 Å². The molecule has 9 nitrogen and oxygen atoms in total. The third kappa shape index (κ3) is 8.72. The lowest BCUT2D eigenvalue weighted by Gasteiger charge is -2.35. The van der Waals surface area contributed by atoms with Gasteiger partial charge in [0.25, 0.3) is 0 Å². The Bertz CT molecular complexity index is 931. The molecule has 1 aromatic carbocycles. The van der Waals surface area contributed by atoms with Crippen LogP contribution in [0.2, 0.25) is 0 Å². The van der Waals surface area contributed by atoms with Crippen LogP contribution < -0.4 is 10.6 Å². The molecule has 0 heterocycles. The molecule has 1 saturated carbocycles. The number of nitrogens with zero attached hydrogens (tertiary/aromatic N) is 1. The van der Waals surface area contributed by atoms with Gasteiger partial charge in [-0.3, -0.25) is 14.4 Å². The molecule has 0 radical (unpaired) electrons. The number of methoxy groups -OCH3 is 1. The van der Waals surface area contributed by atoms with Crippen molar-refractivity contribution in [3.8, 4) is 0 Å². The molecule has 3 amide bonds. The predicted molar refractivity (Wildman–Crippen MR) is 140 cm³/mol. The lowest BCUT2D eigenvalue weighted by Crippen LogP contribution is -2.54. The molecular formula is C26H39N3O6S. The molecule has 2 rings (SSSR count). The molecule has 0 bridgehead atoms. The number of rotatable bonds is 11. The summed E-state index contributed by atoms with van der Waals surface area (Å²) in [4.78, 5) is 53.3. The van der Waals surface area contributed by atoms with Gasteiger partial charge in [0.1, 0.15) is 24.2 Å². The largest absolute Gasteiger partial charge is 0.468 e. The van der Waals surface area contributed by atoms with Gasteiger partial charge in [-0.15, -0.1) is 0 Å². The summed E-state index contributed by atoms with van der Waals surface area (Å²) in [7, 11) is 1.24. The first-order valence-electron chi connectivity index (χ1n) is 12.1. The van der Waals surface area contributed by atoms with Gasteiger partial charge >= 0.3 is 12.1 Å². The van der Waals surface area contributed by atoms with E-state index in [1.807, 2.05) is 44.4 Å². The topological polar surface area (TPSA) is 114 Å². The van der Waals surface area contributed by atoms with Crippen LogP contribution in [0.15, 0.2) is 24.3 Å². The zero-order valence-electron chi connectivity index (χ0n) is 22.3. The first kappa shape index (κ1) is 29.5. The number of thioether (sulfide) groups is 1. The van der Waals surface area contributed by atoms with Gasteiger partial charge in [-0.1, -0.05) is 36.8 Å². The number of nitrogens with one attached hydrogen (secondary N) is 2. The number of hydrogen-bond acceptors (Lipinski definition) is 7. The van der Waals surface area contributed by atoms with E-state index in [0.717, 1.165) is 12.0 Å². The highest BCUT2D eigenvalue weighted by atomic mass is 32.2. The normalized spacial score (nSPS) is 18.4. The van der Waals surface area contributed by atoms with Crippen LogP contribution in [0.3, 0.4) is 0 Å². The van der Waals surface area contributed by atoms with E-state index in [4.69, 9.17) is 4.74 Å². The fourth-order valence-electron chi connectivity index (χ4n) is 3.81. The Morgan fingerprint density at radius 3 is 2.28 bits per heavy atom. The number of carbonyl (C=O) groups excluding carboxylic acids is 4. The smallest absolute Gasteiger partial charge is 0.408 e. The second kappa shape index (κ2) is 13.0. The number of aryl methyl sites for hydroxylation is 1. The molecule has 0 spiro atoms. The minimum Gasteiger partial charge on any atom is -0.468 e. The molecule has 10 heteroatoms. The van der Waals surface area contributed by atoms with Gasteiger partial charge in [-0.2, -0.15) is 11.8 Å². The molecule has 36 heavy (non-hydrogen) atoms. The number of carbonyl (C=O) groups is 4. The van der Waals surface area contributed by atoms with E-state index < -0.39 is 35.7 Å². The minimum absolute atomic E-state index is 0.176. The van der Waals surface area contributed by atoms with Gasteiger partial charge in [-0.05, 0) is 64.0 Å². The van der Waals surface area contributed by atoms with E-state index >= 15 is 0 Å². The number of amides is 3. The molecular weight excluding hydrogens is 482 g/mol. The number of benzene rings is 1. The summed E-state index contributed by atoms with van der Waals surface area (Å²) < 4.78 is 10.1. The molecule has 1 aromatic rings. The van der Waals surface area contributed by atoms with E-state index in [2.05, 4.69) is 15.4 Å². The highest BCUT2D eigenvalue weighted by Crippen LogP contribution is 2.41. The maximum Gasteiger partial charge on any atom is 0.408 e. The molecule has 1 aliphatic rings. The van der Waals surface area contributed by atoms with Crippen LogP contribution in [-0.2, 0) is 23.9 Å². The summed E-state index contributed by atoms with van der Waals surface area (Å²) >= 11 is 1.56. The Hall–Kier alpha value is -2.75. The second-order valence-electron chi connectivity index (χ2n) is 10.1. The van der Waals surface area contributed by atoms with Crippen LogP contribution in [0.1, 0.15) is 57.7 Å². The van der Waals surface area contributed by atoms with Crippen LogP contribution in [0.5, 0.6) is 0 Å². The SMILES string of the molecule is COC(=O)CNC(=O)C(c1ccc(C)cc1)N(C(=O)C(CCSC)NC(=O)OC(C)(C)C)C1CC1C. The third-order valence-corrected chi connectivity index (χ3v) is 6.48. The summed E-state index contributed by atoms with van der Waals surface area (Å²) in [6.45, 7) is 8.90. The summed E-state index contributed by atoms with van der Waals surface area (Å²) in [6, 6.07) is 5.34. The fraction of sp³-hybridized carbons (Fsp3) is 0.615. The van der Waals surface area contributed by atoms with Crippen molar-refractivity contribution in [2.24, 2.45) is 5.92 Å². The van der Waals surface area contributed by atoms with Crippen LogP contribution in [-0.4, -0.2) is 72.1 Å². The van der Waals surface area contributed by atoms with Crippen molar-refractivity contribution in [2.75, 3.05) is 25.7 Å². The Morgan fingerprint density at radius 1 is 1.17 bits per heavy atom. The quantitative estimate of drug-likeness (QED) is 0.430. The Balaban J connectivity index is 2.44. The van der Waals surface area contributed by atoms with Crippen molar-refractivity contribution < 1.29 is 28.7 Å². The highest BCUT2D eigenvalue weighted by molar-refractivity contribution is 7.98. The molecule has 1 fully saturated rings. The van der Waals surface area contributed by atoms with Crippen molar-refractivity contribution in [3.63, 3.8) is 0 Å². The monoisotopic (exact) mass is 521 g/mol. The zero-order valence-corrected chi connectivity index (χ0v) is 23.1. The van der Waals surface area contributed by atoms with Gasteiger partial charge in [0.2, 0.25) is 11.8 Å². The van der Waals surface area contributed by atoms with Gasteiger partial charge in [0.15, 0.2) is 0 Å². The maximum absolute atomic E-state index is 14.0. The first-order valence-corrected chi connectivity index (χ1v) is 13.5. The Kier molecular flexibility index (Phi) is 10.6. The van der Waals surface area contributed by atoms with Crippen LogP contribution in [0.25, 0.3) is 0 Å². The summed E-state index contributed by atoms with van der Waals surface area (Å²) in [5, 5.41) is 5.34. The van der Waals surface area contributed by atoms with Crippen LogP contribution >= 0.6 is 11.8 Å². The molecule has 4 atom stereocenters. The molecule has 0 aromatic heterocycles. The number of esters is 1. The molecule has 200 valence electrons. The average Bonchev–Trinajstić information content (AvgIpc) is 3.53. The zero-order chi connectivity index (χ0) is 27.0. The first-order chi connectivity index (χ1) is 16.9. The summed E-state index contributed by atoms with van der Waals surface area (Å²) in [5.74, 6) is -0.615. The van der Waals surface area contributed by atoms with E-state index in [9.17, 15) is 19.2 Å². The van der Waals surface area contributed by atoms with E-state index in [0.29, 0.717) is 17.7 Å². The number of ether oxygens (including phenoxy) is 2. The molecule has 1 aliphatic carbocycles. The van der Waals surface area contributed by atoms with Gasteiger partial charge < -0.3 is 25.0 Å². The standard InChI is InChI=1S/C26H39N3O6S/c1-16-8-10-18(11-9-16)22(23(31)27-15-21(30)34-6)29(20-14-17(20)2)24(32)19(12-13-36-7)28-25(33)35-26(3,4)5/h8-11,17,19-20,22H,12-15H2,1-7H3,(H,27,31)(H,28,33). The van der Waals surface area contributed by atoms with Crippen LogP contribution in [0, 0.1) is 12.8 Å². The van der Waals surface area contributed by atoms with Crippen LogP contribution in [0.4, 0.5) is 4.79 Å². The molecule has 4 unspecified atom stereocenters. The van der Waals surface area contributed by atoms with E-state index in [1.54, 1.807) is 37.4 Å². The van der Waals surface area contributed by atoms with Gasteiger partial charge in [0.05, 0.1) is 7.11 Å². The second-order valence-corrected chi connectivity index (χ2v) is 11.1. The van der Waals surface area contributed by atoms with Gasteiger partial charge in [0, 0.05) is 6.04 Å². The number of alkyl carbamates (subject to hydrolysis) is 1. The lowest BCUT2D eigenvalue weighted by atomic mass is 10.0. The van der Waals surface area contributed by atoms with Crippen molar-refractivity contribution in [3.05, 3.63) is 35.4 Å². The lowest BCUT2D eigenvalue weighted by molar-refractivity contribution is -0.145. The fourth-order valence-corrected chi connectivity index (χ4v) is 4.28. The number of hydrogen-bond donors (Lipinski definition) is 2. The average molecular weight is 522 g/mol. The predicted octanol–water partition coefficient (Wildman–Crippen LogP) is 3.21. The molecule has 0 aliphatic heterocycles. The van der Waals surface area contributed by atoms with E-state index in [1.165, 1.54) is 7.11 Å². The summed E-state index contributed by atoms with van der Waals surface area (Å²) in [6.07, 6.45) is 2.35. The van der Waals surface area contributed by atoms with Crippen molar-refractivity contribution in [2.45, 2.75) is 71.2 Å². The Morgan fingerprint density at radius 2 is 1.78 bits per heavy atom. The summed E-state index contributed by atoms with van der Waals surface area (Å²) in [5.41, 5.74) is 0.908. The van der Waals surface area contributed by atoms with E-state index in [-0.39, 0.29) is 24.4 Å². The van der Waals surface area contributed by atoms with Gasteiger partial charge in [-0.25, -0.2) is 4.79 Å². The third-order valence-electron chi connectivity index (χ3n) is 5.83. The maximum atomic E-state index is 14.0. The van der Waals surface area contributed by atoms with Crippen molar-refractivity contribution in [1.29, 1.82) is 0 Å². The minimum atomic E-state index is -0.977. The molecule has 0 saturated heterocycles. The van der Waals surface area contributed by atoms with Crippen molar-refractivity contribution >= 4 is 35.6 Å². The van der Waals surface area contributed by atoms with Crippen molar-refractivity contribution in [1.82, 2.24) is 15.5 Å².